The summed E-state index contributed by atoms with van der Waals surface area (Å²) in [6, 6.07) is 4.48. The lowest BCUT2D eigenvalue weighted by atomic mass is 10.6. The normalized spacial score (nSPS) is 26.4. The first-order valence-electron chi connectivity index (χ1n) is 7.22. The number of nitriles is 2. The van der Waals surface area contributed by atoms with Gasteiger partial charge < -0.3 is 0 Å². The van der Waals surface area contributed by atoms with Crippen LogP contribution in [0.15, 0.2) is 16.9 Å². The second-order valence-electron chi connectivity index (χ2n) is 4.58. The van der Waals surface area contributed by atoms with Crippen molar-refractivity contribution in [3.63, 3.8) is 0 Å². The predicted molar refractivity (Wildman–Crippen MR) is 122 cm³/mol. The molecule has 2 unspecified atom stereocenters. The molecule has 0 saturated carbocycles. The highest BCUT2D eigenvalue weighted by molar-refractivity contribution is 8.44. The second kappa shape index (κ2) is 10.6. The van der Waals surface area contributed by atoms with Crippen molar-refractivity contribution in [2.45, 2.75) is 22.0 Å². The van der Waals surface area contributed by atoms with Crippen LogP contribution in [-0.4, -0.2) is 32.2 Å². The smallest absolute Gasteiger partial charge is 0.0769 e. The van der Waals surface area contributed by atoms with Crippen LogP contribution in [0, 0.1) is 22.7 Å². The van der Waals surface area contributed by atoms with E-state index in [1.165, 1.54) is 28.5 Å². The molecule has 128 valence electrons. The Morgan fingerprint density at radius 3 is 1.75 bits per heavy atom. The third-order valence-corrected chi connectivity index (χ3v) is 15.8. The average molecular weight is 467 g/mol. The molecule has 1 fully saturated rings. The molecule has 0 aromatic rings. The number of thioether (sulfide) groups is 8. The largest absolute Gasteiger partial charge is 0.198 e. The highest BCUT2D eigenvalue weighted by Crippen LogP contribution is 2.66. The van der Waals surface area contributed by atoms with Gasteiger partial charge in [0, 0.05) is 35.9 Å². The van der Waals surface area contributed by atoms with Crippen molar-refractivity contribution in [3.05, 3.63) is 16.9 Å². The lowest BCUT2D eigenvalue weighted by molar-refractivity contribution is 1.22. The molecule has 10 heteroatoms. The third kappa shape index (κ3) is 5.39. The summed E-state index contributed by atoms with van der Waals surface area (Å²) in [6.45, 7) is 0. The van der Waals surface area contributed by atoms with Gasteiger partial charge >= 0.3 is 0 Å². The zero-order valence-corrected chi connectivity index (χ0v) is 19.1. The van der Waals surface area contributed by atoms with Crippen LogP contribution in [-0.2, 0) is 0 Å². The Balaban J connectivity index is 1.64. The van der Waals surface area contributed by atoms with Crippen LogP contribution in [0.4, 0.5) is 0 Å². The molecule has 3 aliphatic heterocycles. The molecule has 0 amide bonds. The Bertz CT molecular complexity index is 567. The first-order valence-corrected chi connectivity index (χ1v) is 14.7. The van der Waals surface area contributed by atoms with Crippen molar-refractivity contribution in [3.8, 4) is 12.1 Å². The molecule has 0 aliphatic carbocycles. The van der Waals surface area contributed by atoms with Crippen LogP contribution in [0.3, 0.4) is 0 Å². The quantitative estimate of drug-likeness (QED) is 0.399. The van der Waals surface area contributed by atoms with E-state index in [0.717, 1.165) is 11.5 Å². The van der Waals surface area contributed by atoms with Crippen LogP contribution >= 0.6 is 94.1 Å². The zero-order valence-electron chi connectivity index (χ0n) is 12.6. The summed E-state index contributed by atoms with van der Waals surface area (Å²) in [5.74, 6) is 4.24. The van der Waals surface area contributed by atoms with Gasteiger partial charge in [0.15, 0.2) is 0 Å². The first-order chi connectivity index (χ1) is 11.8. The van der Waals surface area contributed by atoms with Gasteiger partial charge in [-0.1, -0.05) is 23.5 Å². The minimum absolute atomic E-state index is 0.480. The standard InChI is InChI=1S/C14H14N2S8/c15-3-1-5-17-9-10(18-6-2-4-16)22-13(21-9)14-23-11-12(24-14)20-8-7-19-11/h9-10H,1-2,5-8H2. The van der Waals surface area contributed by atoms with E-state index in [1.807, 2.05) is 94.1 Å². The summed E-state index contributed by atoms with van der Waals surface area (Å²) in [5.41, 5.74) is 0. The van der Waals surface area contributed by atoms with Crippen LogP contribution < -0.4 is 0 Å². The van der Waals surface area contributed by atoms with Gasteiger partial charge in [0.05, 0.1) is 38.3 Å². The maximum atomic E-state index is 8.78. The number of hydrogen-bond acceptors (Lipinski definition) is 10. The van der Waals surface area contributed by atoms with E-state index >= 15 is 0 Å². The maximum Gasteiger partial charge on any atom is 0.0769 e. The van der Waals surface area contributed by atoms with E-state index in [-0.39, 0.29) is 0 Å². The molecule has 0 radical (unpaired) electrons. The van der Waals surface area contributed by atoms with E-state index < -0.39 is 0 Å². The van der Waals surface area contributed by atoms with Crippen molar-refractivity contribution < 1.29 is 0 Å². The number of rotatable bonds is 6. The highest BCUT2D eigenvalue weighted by atomic mass is 32.3. The highest BCUT2D eigenvalue weighted by Gasteiger charge is 2.37. The maximum absolute atomic E-state index is 8.78. The monoisotopic (exact) mass is 466 g/mol. The number of nitrogens with zero attached hydrogens (tertiary/aromatic N) is 2. The molecule has 3 heterocycles. The predicted octanol–water partition coefficient (Wildman–Crippen LogP) is 6.63. The molecule has 0 bridgehead atoms. The van der Waals surface area contributed by atoms with Gasteiger partial charge in [-0.3, -0.25) is 0 Å². The molecule has 24 heavy (non-hydrogen) atoms. The van der Waals surface area contributed by atoms with E-state index in [4.69, 9.17) is 10.5 Å². The Kier molecular flexibility index (Phi) is 8.80. The minimum atomic E-state index is 0.480. The second-order valence-corrected chi connectivity index (χ2v) is 15.3. The Morgan fingerprint density at radius 2 is 1.29 bits per heavy atom. The van der Waals surface area contributed by atoms with E-state index in [9.17, 15) is 0 Å². The van der Waals surface area contributed by atoms with Crippen molar-refractivity contribution in [2.24, 2.45) is 0 Å². The van der Waals surface area contributed by atoms with Crippen molar-refractivity contribution in [1.82, 2.24) is 0 Å². The first kappa shape index (κ1) is 20.0. The van der Waals surface area contributed by atoms with Crippen LogP contribution in [0.2, 0.25) is 0 Å². The van der Waals surface area contributed by atoms with Crippen molar-refractivity contribution >= 4 is 94.1 Å². The van der Waals surface area contributed by atoms with Crippen molar-refractivity contribution in [2.75, 3.05) is 23.0 Å². The summed E-state index contributed by atoms with van der Waals surface area (Å²) in [5, 5.41) is 17.6. The van der Waals surface area contributed by atoms with Gasteiger partial charge in [-0.05, 0) is 0 Å². The third-order valence-electron chi connectivity index (χ3n) is 2.91. The lowest BCUT2D eigenvalue weighted by Crippen LogP contribution is -2.08. The summed E-state index contributed by atoms with van der Waals surface area (Å²) in [4.78, 5) is 0. The molecular weight excluding hydrogens is 453 g/mol. The fourth-order valence-electron chi connectivity index (χ4n) is 1.91. The molecule has 0 aromatic carbocycles. The molecule has 1 saturated heterocycles. The van der Waals surface area contributed by atoms with Crippen molar-refractivity contribution in [1.29, 1.82) is 10.5 Å². The SMILES string of the molecule is N#CCCSC1SC(=C2SC3=C(SCCS3)S2)SC1SCCC#N. The average Bonchev–Trinajstić information content (AvgIpc) is 3.19. The fraction of sp³-hybridized carbons (Fsp3) is 0.571. The van der Waals surface area contributed by atoms with Crippen LogP contribution in [0.1, 0.15) is 12.8 Å². The lowest BCUT2D eigenvalue weighted by Gasteiger charge is -2.14. The summed E-state index contributed by atoms with van der Waals surface area (Å²) in [7, 11) is 0. The van der Waals surface area contributed by atoms with Crippen LogP contribution in [0.5, 0.6) is 0 Å². The molecular formula is C14H14N2S8. The Labute approximate surface area is 177 Å². The van der Waals surface area contributed by atoms with Gasteiger partial charge in [-0.15, -0.1) is 70.6 Å². The summed E-state index contributed by atoms with van der Waals surface area (Å²) >= 11 is 15.7. The Hall–Kier alpha value is 1.26. The summed E-state index contributed by atoms with van der Waals surface area (Å²) in [6.07, 6.45) is 1.22. The van der Waals surface area contributed by atoms with Gasteiger partial charge in [-0.2, -0.15) is 10.5 Å². The molecule has 0 aromatic heterocycles. The molecule has 0 N–H and O–H groups in total. The van der Waals surface area contributed by atoms with Crippen LogP contribution in [0.25, 0.3) is 0 Å². The van der Waals surface area contributed by atoms with Gasteiger partial charge in [-0.25, -0.2) is 0 Å². The van der Waals surface area contributed by atoms with E-state index in [1.54, 1.807) is 0 Å². The fourth-order valence-corrected chi connectivity index (χ4v) is 15.1. The number of hydrogen-bond donors (Lipinski definition) is 0. The zero-order chi connectivity index (χ0) is 16.8. The van der Waals surface area contributed by atoms with Gasteiger partial charge in [0.25, 0.3) is 0 Å². The molecule has 2 nitrogen and oxygen atoms in total. The Morgan fingerprint density at radius 1 is 0.792 bits per heavy atom. The summed E-state index contributed by atoms with van der Waals surface area (Å²) < 4.78 is 6.85. The molecule has 3 aliphatic rings. The topological polar surface area (TPSA) is 47.6 Å². The molecule has 2 atom stereocenters. The van der Waals surface area contributed by atoms with Gasteiger partial charge in [0.2, 0.25) is 0 Å². The van der Waals surface area contributed by atoms with Gasteiger partial charge in [0.1, 0.15) is 0 Å². The van der Waals surface area contributed by atoms with E-state index in [0.29, 0.717) is 22.0 Å². The molecule has 3 rings (SSSR count). The van der Waals surface area contributed by atoms with E-state index in [2.05, 4.69) is 12.1 Å². The molecule has 0 spiro atoms. The minimum Gasteiger partial charge on any atom is -0.198 e.